The second-order valence-corrected chi connectivity index (χ2v) is 2.36. The van der Waals surface area contributed by atoms with Gasteiger partial charge in [0.15, 0.2) is 5.84 Å². The first-order chi connectivity index (χ1) is 5.27. The van der Waals surface area contributed by atoms with Crippen molar-refractivity contribution in [2.45, 2.75) is 19.4 Å². The van der Waals surface area contributed by atoms with Crippen LogP contribution in [0.15, 0.2) is 15.2 Å². The number of nitrogens with two attached hydrogens (primary N) is 1. The molecule has 0 spiro atoms. The summed E-state index contributed by atoms with van der Waals surface area (Å²) in [6.45, 7) is 5.25. The van der Waals surface area contributed by atoms with E-state index in [1.165, 1.54) is 0 Å². The van der Waals surface area contributed by atoms with Gasteiger partial charge in [0.2, 0.25) is 0 Å². The predicted molar refractivity (Wildman–Crippen MR) is 45.8 cm³/mol. The van der Waals surface area contributed by atoms with Gasteiger partial charge in [-0.1, -0.05) is 0 Å². The third kappa shape index (κ3) is 1.62. The van der Waals surface area contributed by atoms with Crippen LogP contribution < -0.4 is 11.3 Å². The normalized spacial score (nSPS) is 26.9. The van der Waals surface area contributed by atoms with Crippen LogP contribution in [0.1, 0.15) is 13.3 Å². The highest BCUT2D eigenvalue weighted by atomic mass is 15.3. The largest absolute Gasteiger partial charge is 0.307 e. The number of amidine groups is 1. The molecule has 0 aromatic heterocycles. The molecule has 0 amide bonds. The molecule has 0 unspecified atom stereocenters. The van der Waals surface area contributed by atoms with Crippen LogP contribution in [0.5, 0.6) is 0 Å². The molecule has 0 aliphatic carbocycles. The van der Waals surface area contributed by atoms with E-state index in [0.29, 0.717) is 5.84 Å². The fourth-order valence-electron chi connectivity index (χ4n) is 1.01. The third-order valence-corrected chi connectivity index (χ3v) is 1.44. The molecule has 3 N–H and O–H groups in total. The molecule has 0 saturated carbocycles. The topological polar surface area (TPSA) is 75.1 Å². The predicted octanol–water partition coefficient (Wildman–Crippen LogP) is -0.303. The van der Waals surface area contributed by atoms with Gasteiger partial charge in [-0.05, 0) is 6.92 Å². The van der Waals surface area contributed by atoms with E-state index in [2.05, 4.69) is 27.3 Å². The number of hydrogen-bond donors (Lipinski definition) is 2. The van der Waals surface area contributed by atoms with Crippen molar-refractivity contribution in [3.05, 3.63) is 0 Å². The van der Waals surface area contributed by atoms with Gasteiger partial charge in [0, 0.05) is 13.1 Å². The molecule has 1 atom stereocenters. The van der Waals surface area contributed by atoms with E-state index in [9.17, 15) is 0 Å². The number of hydrogen-bond acceptors (Lipinski definition) is 5. The lowest BCUT2D eigenvalue weighted by molar-refractivity contribution is 0.802. The summed E-state index contributed by atoms with van der Waals surface area (Å²) >= 11 is 0. The molecule has 0 saturated heterocycles. The summed E-state index contributed by atoms with van der Waals surface area (Å²) in [5.41, 5.74) is 3.23. The smallest absolute Gasteiger partial charge is 0.159 e. The van der Waals surface area contributed by atoms with E-state index in [0.717, 1.165) is 12.1 Å². The average molecular weight is 153 g/mol. The fraction of sp³-hybridized carbons (Fsp3) is 0.500. The van der Waals surface area contributed by atoms with Crippen LogP contribution in [0.25, 0.3) is 0 Å². The van der Waals surface area contributed by atoms with Crippen molar-refractivity contribution in [3.8, 4) is 0 Å². The Morgan fingerprint density at radius 2 is 2.55 bits per heavy atom. The first kappa shape index (κ1) is 7.87. The number of nitrogens with zero attached hydrogens (tertiary/aromatic N) is 3. The van der Waals surface area contributed by atoms with Gasteiger partial charge in [0.05, 0.1) is 6.04 Å². The minimum Gasteiger partial charge on any atom is -0.307 e. The van der Waals surface area contributed by atoms with Crippen LogP contribution in [-0.2, 0) is 0 Å². The van der Waals surface area contributed by atoms with E-state index in [1.54, 1.807) is 0 Å². The van der Waals surface area contributed by atoms with Gasteiger partial charge in [0.25, 0.3) is 0 Å². The van der Waals surface area contributed by atoms with E-state index in [4.69, 9.17) is 5.84 Å². The summed E-state index contributed by atoms with van der Waals surface area (Å²) in [6, 6.07) is 0.238. The van der Waals surface area contributed by atoms with Crippen LogP contribution in [0.2, 0.25) is 0 Å². The maximum absolute atomic E-state index is 5.19. The fourth-order valence-corrected chi connectivity index (χ4v) is 1.01. The monoisotopic (exact) mass is 153 g/mol. The van der Waals surface area contributed by atoms with Crippen LogP contribution >= 0.6 is 0 Å². The van der Waals surface area contributed by atoms with E-state index in [1.807, 2.05) is 6.92 Å². The Bertz CT molecular complexity index is 217. The Hall–Kier alpha value is -1.23. The number of nitrogens with one attached hydrogen (secondary N) is 1. The number of rotatable bonds is 1. The van der Waals surface area contributed by atoms with Gasteiger partial charge in [0.1, 0.15) is 5.71 Å². The summed E-state index contributed by atoms with van der Waals surface area (Å²) in [5, 5.41) is 7.20. The van der Waals surface area contributed by atoms with Crippen molar-refractivity contribution < 1.29 is 0 Å². The molecular weight excluding hydrogens is 142 g/mol. The Morgan fingerprint density at radius 3 is 3.09 bits per heavy atom. The molecule has 0 aromatic carbocycles. The SMILES string of the molecule is C=NN=C1C[C@H](C)N=C1NN. The summed E-state index contributed by atoms with van der Waals surface area (Å²) in [5.74, 6) is 5.81. The summed E-state index contributed by atoms with van der Waals surface area (Å²) in [7, 11) is 0. The van der Waals surface area contributed by atoms with Gasteiger partial charge >= 0.3 is 0 Å². The zero-order chi connectivity index (χ0) is 8.27. The van der Waals surface area contributed by atoms with Gasteiger partial charge < -0.3 is 5.43 Å². The summed E-state index contributed by atoms with van der Waals surface area (Å²) in [6.07, 6.45) is 0.776. The maximum Gasteiger partial charge on any atom is 0.159 e. The molecule has 0 radical (unpaired) electrons. The number of hydrazine groups is 1. The molecule has 1 rings (SSSR count). The second-order valence-electron chi connectivity index (χ2n) is 2.36. The Labute approximate surface area is 65.1 Å². The molecule has 1 aliphatic rings. The first-order valence-corrected chi connectivity index (χ1v) is 3.35. The van der Waals surface area contributed by atoms with Crippen LogP contribution in [0.3, 0.4) is 0 Å². The van der Waals surface area contributed by atoms with E-state index >= 15 is 0 Å². The van der Waals surface area contributed by atoms with Gasteiger partial charge in [-0.2, -0.15) is 10.2 Å². The van der Waals surface area contributed by atoms with Gasteiger partial charge in [-0.3, -0.25) is 4.99 Å². The van der Waals surface area contributed by atoms with Crippen LogP contribution in [0, 0.1) is 0 Å². The second kappa shape index (κ2) is 3.25. The van der Waals surface area contributed by atoms with Crippen molar-refractivity contribution in [1.29, 1.82) is 0 Å². The van der Waals surface area contributed by atoms with Crippen molar-refractivity contribution in [2.24, 2.45) is 21.0 Å². The molecule has 0 bridgehead atoms. The highest BCUT2D eigenvalue weighted by Crippen LogP contribution is 2.08. The minimum absolute atomic E-state index is 0.238. The van der Waals surface area contributed by atoms with E-state index in [-0.39, 0.29) is 6.04 Å². The highest BCUT2D eigenvalue weighted by Gasteiger charge is 2.19. The van der Waals surface area contributed by atoms with Crippen molar-refractivity contribution in [2.75, 3.05) is 0 Å². The number of aliphatic imine (C=N–C) groups is 1. The molecule has 60 valence electrons. The maximum atomic E-state index is 5.19. The molecule has 5 heteroatoms. The standard InChI is InChI=1S/C6H11N5/c1-4-3-5(11-8-2)6(9-4)10-7/h4H,2-3,7H2,1H3,(H,9,10)/t4-/m0/s1. The highest BCUT2D eigenvalue weighted by molar-refractivity contribution is 6.42. The lowest BCUT2D eigenvalue weighted by Gasteiger charge is -1.96. The lowest BCUT2D eigenvalue weighted by Crippen LogP contribution is -2.34. The van der Waals surface area contributed by atoms with Gasteiger partial charge in [-0.15, -0.1) is 0 Å². The average Bonchev–Trinajstić information content (AvgIpc) is 2.32. The molecule has 11 heavy (non-hydrogen) atoms. The molecule has 5 nitrogen and oxygen atoms in total. The zero-order valence-corrected chi connectivity index (χ0v) is 6.41. The van der Waals surface area contributed by atoms with Crippen LogP contribution in [0.4, 0.5) is 0 Å². The Morgan fingerprint density at radius 1 is 1.82 bits per heavy atom. The van der Waals surface area contributed by atoms with Gasteiger partial charge in [-0.25, -0.2) is 5.84 Å². The van der Waals surface area contributed by atoms with Crippen molar-refractivity contribution >= 4 is 18.3 Å². The Kier molecular flexibility index (Phi) is 2.32. The molecular formula is C6H11N5. The quantitative estimate of drug-likeness (QED) is 0.308. The van der Waals surface area contributed by atoms with Crippen molar-refractivity contribution in [3.63, 3.8) is 0 Å². The Balaban J connectivity index is 2.79. The molecule has 1 heterocycles. The molecule has 0 aromatic rings. The lowest BCUT2D eigenvalue weighted by atomic mass is 10.2. The first-order valence-electron chi connectivity index (χ1n) is 3.35. The van der Waals surface area contributed by atoms with Crippen LogP contribution in [-0.4, -0.2) is 24.3 Å². The van der Waals surface area contributed by atoms with E-state index < -0.39 is 0 Å². The third-order valence-electron chi connectivity index (χ3n) is 1.44. The summed E-state index contributed by atoms with van der Waals surface area (Å²) in [4.78, 5) is 4.17. The van der Waals surface area contributed by atoms with Crippen molar-refractivity contribution in [1.82, 2.24) is 5.43 Å². The molecule has 1 aliphatic heterocycles. The minimum atomic E-state index is 0.238. The zero-order valence-electron chi connectivity index (χ0n) is 6.41. The summed E-state index contributed by atoms with van der Waals surface area (Å²) < 4.78 is 0. The molecule has 0 fully saturated rings.